The maximum atomic E-state index is 10.9. The minimum Gasteiger partial charge on any atom is -0.363 e. The Bertz CT molecular complexity index is 387. The van der Waals surface area contributed by atoms with E-state index in [1.165, 1.54) is 6.07 Å². The van der Waals surface area contributed by atoms with Crippen molar-refractivity contribution in [2.75, 3.05) is 38.1 Å². The fourth-order valence-corrected chi connectivity index (χ4v) is 1.85. The van der Waals surface area contributed by atoms with E-state index in [1.807, 2.05) is 4.90 Å². The summed E-state index contributed by atoms with van der Waals surface area (Å²) in [6, 6.07) is 7.87. The maximum absolute atomic E-state index is 10.9. The highest BCUT2D eigenvalue weighted by Gasteiger charge is 2.21. The highest BCUT2D eigenvalue weighted by molar-refractivity contribution is 5.62. The van der Waals surface area contributed by atoms with Crippen molar-refractivity contribution in [3.8, 4) is 0 Å². The van der Waals surface area contributed by atoms with Crippen molar-refractivity contribution < 1.29 is 4.92 Å². The summed E-state index contributed by atoms with van der Waals surface area (Å²) in [4.78, 5) is 14.8. The molecule has 0 amide bonds. The SMILES string of the molecule is CN1CCN(c2[c]cccc2[N+](=O)[O-])CC1. The van der Waals surface area contributed by atoms with Crippen LogP contribution in [0.4, 0.5) is 11.4 Å². The fraction of sp³-hybridized carbons (Fsp3) is 0.455. The predicted molar refractivity (Wildman–Crippen MR) is 61.6 cm³/mol. The Morgan fingerprint density at radius 3 is 2.69 bits per heavy atom. The minimum atomic E-state index is -0.343. The summed E-state index contributed by atoms with van der Waals surface area (Å²) in [5.41, 5.74) is 0.757. The summed E-state index contributed by atoms with van der Waals surface area (Å²) in [5, 5.41) is 10.9. The highest BCUT2D eigenvalue weighted by atomic mass is 16.6. The number of hydrogen-bond donors (Lipinski definition) is 0. The number of rotatable bonds is 2. The third-order valence-corrected chi connectivity index (χ3v) is 2.83. The molecule has 1 fully saturated rings. The first-order valence-corrected chi connectivity index (χ1v) is 5.27. The Kier molecular flexibility index (Phi) is 3.05. The van der Waals surface area contributed by atoms with Gasteiger partial charge in [0.1, 0.15) is 5.69 Å². The third kappa shape index (κ3) is 2.14. The number of piperazine rings is 1. The molecule has 1 saturated heterocycles. The molecule has 1 aliphatic heterocycles. The molecule has 0 saturated carbocycles. The third-order valence-electron chi connectivity index (χ3n) is 2.83. The maximum Gasteiger partial charge on any atom is 0.293 e. The molecule has 1 aromatic rings. The van der Waals surface area contributed by atoms with E-state index in [2.05, 4.69) is 18.0 Å². The van der Waals surface area contributed by atoms with Crippen LogP contribution in [0.3, 0.4) is 0 Å². The van der Waals surface area contributed by atoms with E-state index >= 15 is 0 Å². The van der Waals surface area contributed by atoms with Crippen LogP contribution in [0.25, 0.3) is 0 Å². The van der Waals surface area contributed by atoms with Crippen LogP contribution in [0.2, 0.25) is 0 Å². The minimum absolute atomic E-state index is 0.145. The van der Waals surface area contributed by atoms with Gasteiger partial charge >= 0.3 is 0 Å². The molecule has 0 unspecified atom stereocenters. The summed E-state index contributed by atoms with van der Waals surface area (Å²) >= 11 is 0. The molecule has 0 N–H and O–H groups in total. The molecule has 85 valence electrons. The number of nitrogens with zero attached hydrogens (tertiary/aromatic N) is 3. The monoisotopic (exact) mass is 220 g/mol. The van der Waals surface area contributed by atoms with Crippen molar-refractivity contribution in [2.24, 2.45) is 0 Å². The van der Waals surface area contributed by atoms with Gasteiger partial charge in [-0.15, -0.1) is 0 Å². The van der Waals surface area contributed by atoms with E-state index in [4.69, 9.17) is 0 Å². The lowest BCUT2D eigenvalue weighted by Crippen LogP contribution is -2.44. The van der Waals surface area contributed by atoms with Gasteiger partial charge in [-0.2, -0.15) is 0 Å². The average Bonchev–Trinajstić information content (AvgIpc) is 2.30. The molecule has 0 aliphatic carbocycles. The fourth-order valence-electron chi connectivity index (χ4n) is 1.85. The van der Waals surface area contributed by atoms with Gasteiger partial charge in [0.05, 0.1) is 4.92 Å². The van der Waals surface area contributed by atoms with Crippen LogP contribution in [0, 0.1) is 16.2 Å². The first-order valence-electron chi connectivity index (χ1n) is 5.27. The Hall–Kier alpha value is -1.62. The summed E-state index contributed by atoms with van der Waals surface area (Å²) in [5.74, 6) is 0. The highest BCUT2D eigenvalue weighted by Crippen LogP contribution is 2.27. The first-order chi connectivity index (χ1) is 7.68. The first kappa shape index (κ1) is 10.9. The molecular weight excluding hydrogens is 206 g/mol. The van der Waals surface area contributed by atoms with Crippen LogP contribution in [-0.2, 0) is 0 Å². The molecule has 0 spiro atoms. The normalized spacial score (nSPS) is 17.4. The van der Waals surface area contributed by atoms with Gasteiger partial charge in [-0.3, -0.25) is 10.1 Å². The lowest BCUT2D eigenvalue weighted by molar-refractivity contribution is -0.384. The smallest absolute Gasteiger partial charge is 0.293 e. The van der Waals surface area contributed by atoms with Crippen LogP contribution in [0.5, 0.6) is 0 Å². The van der Waals surface area contributed by atoms with Crippen LogP contribution in [-0.4, -0.2) is 43.0 Å². The molecule has 2 rings (SSSR count). The number of nitro benzene ring substituents is 1. The Labute approximate surface area is 94.4 Å². The summed E-state index contributed by atoms with van der Waals surface area (Å²) < 4.78 is 0. The van der Waals surface area contributed by atoms with Crippen LogP contribution >= 0.6 is 0 Å². The van der Waals surface area contributed by atoms with Gasteiger partial charge in [-0.25, -0.2) is 0 Å². The van der Waals surface area contributed by atoms with Crippen molar-refractivity contribution in [1.29, 1.82) is 0 Å². The van der Waals surface area contributed by atoms with E-state index in [0.29, 0.717) is 5.69 Å². The van der Waals surface area contributed by atoms with E-state index in [1.54, 1.807) is 12.1 Å². The van der Waals surface area contributed by atoms with Gasteiger partial charge in [-0.05, 0) is 7.05 Å². The lowest BCUT2D eigenvalue weighted by atomic mass is 10.2. The lowest BCUT2D eigenvalue weighted by Gasteiger charge is -2.33. The molecule has 16 heavy (non-hydrogen) atoms. The van der Waals surface area contributed by atoms with Crippen LogP contribution in [0.1, 0.15) is 0 Å². The van der Waals surface area contributed by atoms with Gasteiger partial charge in [-0.1, -0.05) is 12.1 Å². The van der Waals surface area contributed by atoms with Gasteiger partial charge in [0, 0.05) is 38.3 Å². The zero-order valence-corrected chi connectivity index (χ0v) is 9.22. The molecule has 1 heterocycles. The zero-order chi connectivity index (χ0) is 11.5. The second kappa shape index (κ2) is 4.49. The molecule has 1 radical (unpaired) electrons. The number of anilines is 1. The number of likely N-dealkylation sites (N-methyl/N-ethyl adjacent to an activating group) is 1. The van der Waals surface area contributed by atoms with Crippen molar-refractivity contribution in [2.45, 2.75) is 0 Å². The van der Waals surface area contributed by atoms with E-state index < -0.39 is 0 Å². The molecule has 1 aliphatic rings. The largest absolute Gasteiger partial charge is 0.363 e. The van der Waals surface area contributed by atoms with E-state index in [0.717, 1.165) is 26.2 Å². The van der Waals surface area contributed by atoms with Gasteiger partial charge in [0.2, 0.25) is 0 Å². The van der Waals surface area contributed by atoms with E-state index in [-0.39, 0.29) is 10.6 Å². The van der Waals surface area contributed by atoms with E-state index in [9.17, 15) is 10.1 Å². The molecule has 0 bridgehead atoms. The van der Waals surface area contributed by atoms with Crippen molar-refractivity contribution in [3.63, 3.8) is 0 Å². The summed E-state index contributed by atoms with van der Waals surface area (Å²) in [6.07, 6.45) is 0. The van der Waals surface area contributed by atoms with Crippen molar-refractivity contribution in [1.82, 2.24) is 4.90 Å². The molecule has 1 aromatic carbocycles. The summed E-state index contributed by atoms with van der Waals surface area (Å²) in [7, 11) is 2.06. The standard InChI is InChI=1S/C11H14N3O2/c1-12-6-8-13(9-7-12)10-4-2-3-5-11(10)14(15)16/h2-3,5H,6-9H2,1H3. The second-order valence-electron chi connectivity index (χ2n) is 3.95. The predicted octanol–water partition coefficient (Wildman–Crippen LogP) is 1.15. The molecule has 0 aromatic heterocycles. The molecule has 0 atom stereocenters. The second-order valence-corrected chi connectivity index (χ2v) is 3.95. The Morgan fingerprint density at radius 2 is 2.06 bits per heavy atom. The number of para-hydroxylation sites is 1. The van der Waals surface area contributed by atoms with Crippen molar-refractivity contribution in [3.05, 3.63) is 34.4 Å². The topological polar surface area (TPSA) is 49.6 Å². The number of benzene rings is 1. The van der Waals surface area contributed by atoms with Crippen LogP contribution < -0.4 is 4.90 Å². The molecular formula is C11H14N3O2. The Balaban J connectivity index is 2.23. The van der Waals surface area contributed by atoms with Gasteiger partial charge < -0.3 is 9.80 Å². The van der Waals surface area contributed by atoms with Gasteiger partial charge in [0.25, 0.3) is 5.69 Å². The number of hydrogen-bond acceptors (Lipinski definition) is 4. The Morgan fingerprint density at radius 1 is 1.38 bits per heavy atom. The molecule has 5 heteroatoms. The van der Waals surface area contributed by atoms with Crippen LogP contribution in [0.15, 0.2) is 18.2 Å². The molecule has 5 nitrogen and oxygen atoms in total. The van der Waals surface area contributed by atoms with Gasteiger partial charge in [0.15, 0.2) is 0 Å². The average molecular weight is 220 g/mol. The number of nitro groups is 1. The summed E-state index contributed by atoms with van der Waals surface area (Å²) in [6.45, 7) is 3.50. The zero-order valence-electron chi connectivity index (χ0n) is 9.22. The quantitative estimate of drug-likeness (QED) is 0.554. The van der Waals surface area contributed by atoms with Crippen molar-refractivity contribution >= 4 is 11.4 Å².